The van der Waals surface area contributed by atoms with E-state index in [1.807, 2.05) is 6.07 Å². The van der Waals surface area contributed by atoms with Gasteiger partial charge in [-0.15, -0.1) is 0 Å². The van der Waals surface area contributed by atoms with Gasteiger partial charge in [0, 0.05) is 38.7 Å². The average Bonchev–Trinajstić information content (AvgIpc) is 3.79. The molecule has 0 unspecified atom stereocenters. The van der Waals surface area contributed by atoms with Crippen LogP contribution in [-0.4, -0.2) is 0 Å². The second kappa shape index (κ2) is 13.9. The highest BCUT2D eigenvalue weighted by atomic mass is 16.3. The molecule has 1 aliphatic rings. The lowest BCUT2D eigenvalue weighted by molar-refractivity contribution is 0.660. The molecule has 280 valence electrons. The third kappa shape index (κ3) is 5.79. The molecule has 0 saturated heterocycles. The molecule has 10 aromatic rings. The highest BCUT2D eigenvalue weighted by Gasteiger charge is 2.36. The summed E-state index contributed by atoms with van der Waals surface area (Å²) in [4.78, 5) is 2.46. The Bertz CT molecular complexity index is 3170. The molecule has 2 nitrogen and oxygen atoms in total. The summed E-state index contributed by atoms with van der Waals surface area (Å²) in [7, 11) is 0. The molecule has 1 heterocycles. The molecule has 11 rings (SSSR count). The van der Waals surface area contributed by atoms with Crippen LogP contribution in [-0.2, 0) is 5.41 Å². The van der Waals surface area contributed by atoms with Gasteiger partial charge in [-0.1, -0.05) is 178 Å². The Morgan fingerprint density at radius 3 is 1.75 bits per heavy atom. The molecule has 1 aliphatic carbocycles. The maximum Gasteiger partial charge on any atom is 0.136 e. The Balaban J connectivity index is 1.16. The molecule has 0 radical (unpaired) electrons. The van der Waals surface area contributed by atoms with Gasteiger partial charge >= 0.3 is 0 Å². The van der Waals surface area contributed by atoms with Gasteiger partial charge in [-0.3, -0.25) is 0 Å². The number of hydrogen-bond acceptors (Lipinski definition) is 2. The van der Waals surface area contributed by atoms with Crippen molar-refractivity contribution < 1.29 is 4.42 Å². The SMILES string of the molecule is CC1(C)c2ccccc2-c2ccc(N(c3cccc(-c4ccccc4)c3)c3ccccc3-c3ccc4oc5ccccc5c4c3-c3ccc(-c4ccccc4)cc3)cc21. The third-order valence-corrected chi connectivity index (χ3v) is 12.3. The average molecular weight is 756 g/mol. The van der Waals surface area contributed by atoms with Crippen molar-refractivity contribution in [2.24, 2.45) is 0 Å². The first-order chi connectivity index (χ1) is 29.0. The molecule has 0 aliphatic heterocycles. The first-order valence-corrected chi connectivity index (χ1v) is 20.4. The van der Waals surface area contributed by atoms with Gasteiger partial charge in [0.05, 0.1) is 5.69 Å². The van der Waals surface area contributed by atoms with Crippen LogP contribution in [0.5, 0.6) is 0 Å². The maximum absolute atomic E-state index is 6.55. The molecule has 1 aromatic heterocycles. The van der Waals surface area contributed by atoms with Crippen molar-refractivity contribution in [2.75, 3.05) is 4.90 Å². The molecule has 0 N–H and O–H groups in total. The molecule has 0 atom stereocenters. The standard InChI is InChI=1S/C57H41NO/c1-57(2)50-25-12-9-22-45(50)46-33-32-44(37-51(46)57)58(43-21-15-20-42(36-43)39-18-7-4-8-19-39)52-26-13-10-23-47(52)48-34-35-54-56(49-24-11-14-27-53(49)59-54)55(48)41-30-28-40(29-31-41)38-16-5-3-6-17-38/h3-37H,1-2H3. The lowest BCUT2D eigenvalue weighted by Gasteiger charge is -2.30. The summed E-state index contributed by atoms with van der Waals surface area (Å²) in [6.07, 6.45) is 0. The van der Waals surface area contributed by atoms with Crippen LogP contribution >= 0.6 is 0 Å². The number of benzene rings is 9. The van der Waals surface area contributed by atoms with Crippen molar-refractivity contribution >= 4 is 39.0 Å². The lowest BCUT2D eigenvalue weighted by Crippen LogP contribution is -2.17. The number of nitrogens with zero attached hydrogens (tertiary/aromatic N) is 1. The van der Waals surface area contributed by atoms with Crippen LogP contribution in [0.4, 0.5) is 17.1 Å². The predicted molar refractivity (Wildman–Crippen MR) is 248 cm³/mol. The van der Waals surface area contributed by atoms with Gasteiger partial charge in [0.1, 0.15) is 11.2 Å². The predicted octanol–water partition coefficient (Wildman–Crippen LogP) is 16.0. The molecule has 0 fully saturated rings. The van der Waals surface area contributed by atoms with Crippen molar-refractivity contribution in [1.82, 2.24) is 0 Å². The molecule has 9 aromatic carbocycles. The molecular weight excluding hydrogens is 715 g/mol. The van der Waals surface area contributed by atoms with Crippen LogP contribution in [0.3, 0.4) is 0 Å². The Hall–Kier alpha value is -7.42. The monoisotopic (exact) mass is 755 g/mol. The fourth-order valence-electron chi connectivity index (χ4n) is 9.41. The molecule has 0 bridgehead atoms. The summed E-state index contributed by atoms with van der Waals surface area (Å²) in [6.45, 7) is 4.71. The number of rotatable bonds is 7. The van der Waals surface area contributed by atoms with E-state index in [-0.39, 0.29) is 5.41 Å². The smallest absolute Gasteiger partial charge is 0.136 e. The highest BCUT2D eigenvalue weighted by molar-refractivity contribution is 6.16. The minimum Gasteiger partial charge on any atom is -0.456 e. The lowest BCUT2D eigenvalue weighted by atomic mass is 9.82. The van der Waals surface area contributed by atoms with E-state index in [9.17, 15) is 0 Å². The van der Waals surface area contributed by atoms with E-state index in [0.717, 1.165) is 61.3 Å². The van der Waals surface area contributed by atoms with Crippen LogP contribution in [0.25, 0.3) is 77.6 Å². The Labute approximate surface area is 345 Å². The first kappa shape index (κ1) is 34.8. The molecule has 0 amide bonds. The zero-order valence-electron chi connectivity index (χ0n) is 33.1. The highest BCUT2D eigenvalue weighted by Crippen LogP contribution is 2.52. The van der Waals surface area contributed by atoms with Crippen molar-refractivity contribution in [3.63, 3.8) is 0 Å². The second-order valence-electron chi connectivity index (χ2n) is 16.1. The van der Waals surface area contributed by atoms with Crippen LogP contribution in [0.15, 0.2) is 217 Å². The van der Waals surface area contributed by atoms with Gasteiger partial charge in [0.2, 0.25) is 0 Å². The Morgan fingerprint density at radius 2 is 0.949 bits per heavy atom. The van der Waals surface area contributed by atoms with Crippen molar-refractivity contribution in [3.05, 3.63) is 223 Å². The van der Waals surface area contributed by atoms with E-state index < -0.39 is 0 Å². The summed E-state index contributed by atoms with van der Waals surface area (Å²) in [5.41, 5.74) is 19.6. The summed E-state index contributed by atoms with van der Waals surface area (Å²) >= 11 is 0. The normalized spacial score (nSPS) is 12.7. The van der Waals surface area contributed by atoms with Crippen LogP contribution in [0.1, 0.15) is 25.0 Å². The summed E-state index contributed by atoms with van der Waals surface area (Å²) in [5.74, 6) is 0. The number of anilines is 3. The molecule has 2 heteroatoms. The van der Waals surface area contributed by atoms with Gasteiger partial charge in [0.15, 0.2) is 0 Å². The summed E-state index contributed by atoms with van der Waals surface area (Å²) < 4.78 is 6.55. The molecular formula is C57H41NO. The molecule has 0 saturated carbocycles. The van der Waals surface area contributed by atoms with E-state index in [2.05, 4.69) is 225 Å². The van der Waals surface area contributed by atoms with Crippen LogP contribution < -0.4 is 4.90 Å². The minimum absolute atomic E-state index is 0.147. The zero-order valence-corrected chi connectivity index (χ0v) is 33.1. The van der Waals surface area contributed by atoms with Gasteiger partial charge in [-0.05, 0) is 104 Å². The third-order valence-electron chi connectivity index (χ3n) is 12.3. The van der Waals surface area contributed by atoms with Crippen molar-refractivity contribution in [2.45, 2.75) is 19.3 Å². The summed E-state index contributed by atoms with van der Waals surface area (Å²) in [6, 6.07) is 76.9. The fourth-order valence-corrected chi connectivity index (χ4v) is 9.41. The van der Waals surface area contributed by atoms with Crippen LogP contribution in [0.2, 0.25) is 0 Å². The summed E-state index contributed by atoms with van der Waals surface area (Å²) in [5, 5.41) is 2.23. The first-order valence-electron chi connectivity index (χ1n) is 20.4. The Morgan fingerprint density at radius 1 is 0.373 bits per heavy atom. The zero-order chi connectivity index (χ0) is 39.5. The van der Waals surface area contributed by atoms with E-state index >= 15 is 0 Å². The Kier molecular flexibility index (Phi) is 8.20. The largest absolute Gasteiger partial charge is 0.456 e. The van der Waals surface area contributed by atoms with Gasteiger partial charge in [0.25, 0.3) is 0 Å². The number of para-hydroxylation sites is 2. The van der Waals surface area contributed by atoms with Crippen LogP contribution in [0, 0.1) is 0 Å². The van der Waals surface area contributed by atoms with E-state index in [1.54, 1.807) is 0 Å². The van der Waals surface area contributed by atoms with Crippen molar-refractivity contribution in [1.29, 1.82) is 0 Å². The maximum atomic E-state index is 6.55. The van der Waals surface area contributed by atoms with Gasteiger partial charge in [-0.25, -0.2) is 0 Å². The van der Waals surface area contributed by atoms with E-state index in [4.69, 9.17) is 4.42 Å². The van der Waals surface area contributed by atoms with E-state index in [0.29, 0.717) is 0 Å². The second-order valence-corrected chi connectivity index (χ2v) is 16.1. The van der Waals surface area contributed by atoms with Gasteiger partial charge in [-0.2, -0.15) is 0 Å². The molecule has 59 heavy (non-hydrogen) atoms. The molecule has 0 spiro atoms. The minimum atomic E-state index is -0.147. The number of hydrogen-bond donors (Lipinski definition) is 0. The fraction of sp³-hybridized carbons (Fsp3) is 0.0526. The van der Waals surface area contributed by atoms with E-state index in [1.165, 1.54) is 44.5 Å². The topological polar surface area (TPSA) is 16.4 Å². The number of furan rings is 1. The van der Waals surface area contributed by atoms with Crippen molar-refractivity contribution in [3.8, 4) is 55.6 Å². The van der Waals surface area contributed by atoms with Gasteiger partial charge < -0.3 is 9.32 Å². The number of fused-ring (bicyclic) bond motifs is 6. The quantitative estimate of drug-likeness (QED) is 0.161.